The highest BCUT2D eigenvalue weighted by Crippen LogP contribution is 2.28. The van der Waals surface area contributed by atoms with Crippen molar-refractivity contribution in [3.05, 3.63) is 28.8 Å². The highest BCUT2D eigenvalue weighted by atomic mass is 35.5. The van der Waals surface area contributed by atoms with Crippen LogP contribution in [0.5, 0.6) is 5.75 Å². The molecule has 5 heteroatoms. The minimum Gasteiger partial charge on any atom is -0.481 e. The second-order valence-corrected chi connectivity index (χ2v) is 7.22. The van der Waals surface area contributed by atoms with Gasteiger partial charge in [0, 0.05) is 24.2 Å². The molecule has 0 saturated carbocycles. The highest BCUT2D eigenvalue weighted by molar-refractivity contribution is 6.31. The van der Waals surface area contributed by atoms with Crippen LogP contribution in [0.4, 0.5) is 0 Å². The Balaban J connectivity index is 2.01. The van der Waals surface area contributed by atoms with Crippen LogP contribution in [0.2, 0.25) is 5.02 Å². The first-order chi connectivity index (χ1) is 10.2. The molecule has 1 saturated heterocycles. The summed E-state index contributed by atoms with van der Waals surface area (Å²) in [5, 5.41) is 0.693. The molecule has 4 nitrogen and oxygen atoms in total. The first kappa shape index (κ1) is 17.1. The summed E-state index contributed by atoms with van der Waals surface area (Å²) in [6.07, 6.45) is 0.302. The first-order valence-corrected chi connectivity index (χ1v) is 8.05. The van der Waals surface area contributed by atoms with E-state index in [-0.39, 0.29) is 17.4 Å². The molecule has 22 heavy (non-hydrogen) atoms. The van der Waals surface area contributed by atoms with Gasteiger partial charge in [-0.15, -0.1) is 0 Å². The number of amides is 1. The first-order valence-electron chi connectivity index (χ1n) is 7.68. The highest BCUT2D eigenvalue weighted by Gasteiger charge is 2.36. The maximum atomic E-state index is 12.6. The van der Waals surface area contributed by atoms with E-state index in [0.717, 1.165) is 12.0 Å². The van der Waals surface area contributed by atoms with Crippen LogP contribution < -0.4 is 10.5 Å². The number of likely N-dealkylation sites (tertiary alicyclic amines) is 1. The number of hydrogen-bond acceptors (Lipinski definition) is 3. The van der Waals surface area contributed by atoms with E-state index >= 15 is 0 Å². The lowest BCUT2D eigenvalue weighted by atomic mass is 9.79. The lowest BCUT2D eigenvalue weighted by Crippen LogP contribution is -2.56. The Hall–Kier alpha value is -1.26. The molecule has 2 rings (SSSR count). The summed E-state index contributed by atoms with van der Waals surface area (Å²) in [5.74, 6) is 0.670. The molecule has 1 fully saturated rings. The molecule has 0 spiro atoms. The molecular weight excluding hydrogens is 300 g/mol. The van der Waals surface area contributed by atoms with Crippen LogP contribution >= 0.6 is 11.6 Å². The van der Waals surface area contributed by atoms with Crippen LogP contribution in [-0.4, -0.2) is 36.0 Å². The molecule has 1 aromatic carbocycles. The molecule has 1 heterocycles. The molecule has 0 radical (unpaired) electrons. The van der Waals surface area contributed by atoms with Gasteiger partial charge in [-0.1, -0.05) is 25.4 Å². The van der Waals surface area contributed by atoms with Gasteiger partial charge in [-0.25, -0.2) is 0 Å². The van der Waals surface area contributed by atoms with Crippen molar-refractivity contribution in [3.8, 4) is 5.75 Å². The third-order valence-electron chi connectivity index (χ3n) is 4.41. The van der Waals surface area contributed by atoms with E-state index < -0.39 is 6.10 Å². The maximum absolute atomic E-state index is 12.6. The molecule has 0 aromatic heterocycles. The average molecular weight is 325 g/mol. The summed E-state index contributed by atoms with van der Waals surface area (Å²) in [6, 6.07) is 5.55. The van der Waals surface area contributed by atoms with Gasteiger partial charge in [-0.2, -0.15) is 0 Å². The second-order valence-electron chi connectivity index (χ2n) is 6.81. The quantitative estimate of drug-likeness (QED) is 0.930. The molecule has 1 aromatic rings. The van der Waals surface area contributed by atoms with Gasteiger partial charge in [0.2, 0.25) is 0 Å². The monoisotopic (exact) mass is 324 g/mol. The van der Waals surface area contributed by atoms with Gasteiger partial charge in [0.1, 0.15) is 5.75 Å². The van der Waals surface area contributed by atoms with Crippen LogP contribution in [0, 0.1) is 12.3 Å². The lowest BCUT2D eigenvalue weighted by Gasteiger charge is -2.43. The fraction of sp³-hybridized carbons (Fsp3) is 0.588. The van der Waals surface area contributed by atoms with Crippen LogP contribution in [0.3, 0.4) is 0 Å². The van der Waals surface area contributed by atoms with Crippen molar-refractivity contribution in [2.75, 3.05) is 13.1 Å². The molecule has 1 aliphatic rings. The number of ether oxygens (including phenoxy) is 1. The average Bonchev–Trinajstić information content (AvgIpc) is 2.45. The zero-order valence-corrected chi connectivity index (χ0v) is 14.5. The number of nitrogens with zero attached hydrogens (tertiary/aromatic N) is 1. The predicted molar refractivity (Wildman–Crippen MR) is 89.2 cm³/mol. The number of rotatable bonds is 3. The smallest absolute Gasteiger partial charge is 0.263 e. The largest absolute Gasteiger partial charge is 0.481 e. The van der Waals surface area contributed by atoms with Crippen molar-refractivity contribution < 1.29 is 9.53 Å². The summed E-state index contributed by atoms with van der Waals surface area (Å²) < 4.78 is 5.78. The van der Waals surface area contributed by atoms with Crippen molar-refractivity contribution in [1.82, 2.24) is 4.90 Å². The molecule has 2 unspecified atom stereocenters. The second kappa shape index (κ2) is 6.47. The Morgan fingerprint density at radius 3 is 2.77 bits per heavy atom. The summed E-state index contributed by atoms with van der Waals surface area (Å²) in [4.78, 5) is 14.4. The van der Waals surface area contributed by atoms with Gasteiger partial charge >= 0.3 is 0 Å². The summed E-state index contributed by atoms with van der Waals surface area (Å²) >= 11 is 6.00. The molecule has 2 N–H and O–H groups in total. The van der Waals surface area contributed by atoms with Crippen molar-refractivity contribution >= 4 is 17.5 Å². The molecule has 0 bridgehead atoms. The predicted octanol–water partition coefficient (Wildman–Crippen LogP) is 3.00. The summed E-state index contributed by atoms with van der Waals surface area (Å²) in [6.45, 7) is 9.26. The fourth-order valence-corrected chi connectivity index (χ4v) is 2.88. The van der Waals surface area contributed by atoms with E-state index in [0.29, 0.717) is 23.9 Å². The van der Waals surface area contributed by atoms with Crippen LogP contribution in [0.25, 0.3) is 0 Å². The van der Waals surface area contributed by atoms with Crippen molar-refractivity contribution in [1.29, 1.82) is 0 Å². The number of carbonyl (C=O) groups excluding carboxylic acids is 1. The van der Waals surface area contributed by atoms with E-state index in [1.54, 1.807) is 19.1 Å². The number of nitrogens with two attached hydrogens (primary N) is 1. The van der Waals surface area contributed by atoms with Crippen LogP contribution in [-0.2, 0) is 4.79 Å². The van der Waals surface area contributed by atoms with E-state index in [1.165, 1.54) is 0 Å². The van der Waals surface area contributed by atoms with Crippen LogP contribution in [0.15, 0.2) is 18.2 Å². The molecule has 1 amide bonds. The molecule has 122 valence electrons. The number of halogens is 1. The Morgan fingerprint density at radius 1 is 1.50 bits per heavy atom. The maximum Gasteiger partial charge on any atom is 0.263 e. The molecule has 0 aliphatic carbocycles. The SMILES string of the molecule is Cc1cc(OC(C)C(=O)N2CCC(N)C(C)(C)C2)ccc1Cl. The lowest BCUT2D eigenvalue weighted by molar-refractivity contribution is -0.141. The van der Waals surface area contributed by atoms with Gasteiger partial charge in [-0.05, 0) is 49.4 Å². The minimum atomic E-state index is -0.523. The van der Waals surface area contributed by atoms with Crippen LogP contribution in [0.1, 0.15) is 32.8 Å². The summed E-state index contributed by atoms with van der Waals surface area (Å²) in [7, 11) is 0. The number of piperidine rings is 1. The number of aryl methyl sites for hydroxylation is 1. The van der Waals surface area contributed by atoms with E-state index in [9.17, 15) is 4.79 Å². The third-order valence-corrected chi connectivity index (χ3v) is 4.84. The van der Waals surface area contributed by atoms with Crippen molar-refractivity contribution in [3.63, 3.8) is 0 Å². The number of hydrogen-bond donors (Lipinski definition) is 1. The van der Waals surface area contributed by atoms with Gasteiger partial charge in [-0.3, -0.25) is 4.79 Å². The van der Waals surface area contributed by atoms with E-state index in [4.69, 9.17) is 22.1 Å². The van der Waals surface area contributed by atoms with Gasteiger partial charge in [0.25, 0.3) is 5.91 Å². The normalized spacial score (nSPS) is 22.3. The number of carbonyl (C=O) groups is 1. The number of benzene rings is 1. The molecule has 2 atom stereocenters. The fourth-order valence-electron chi connectivity index (χ4n) is 2.76. The molecular formula is C17H25ClN2O2. The Labute approximate surface area is 137 Å². The Bertz CT molecular complexity index is 560. The van der Waals surface area contributed by atoms with Crippen molar-refractivity contribution in [2.24, 2.45) is 11.1 Å². The Kier molecular flexibility index (Phi) is 5.03. The summed E-state index contributed by atoms with van der Waals surface area (Å²) in [5.41, 5.74) is 6.99. The standard InChI is InChI=1S/C17H25ClN2O2/c1-11-9-13(5-6-14(11)18)22-12(2)16(21)20-8-7-15(19)17(3,4)10-20/h5-6,9,12,15H,7-8,10,19H2,1-4H3. The Morgan fingerprint density at radius 2 is 2.18 bits per heavy atom. The third kappa shape index (κ3) is 3.73. The van der Waals surface area contributed by atoms with Gasteiger partial charge in [0.05, 0.1) is 0 Å². The minimum absolute atomic E-state index is 0.00702. The zero-order valence-electron chi connectivity index (χ0n) is 13.7. The van der Waals surface area contributed by atoms with E-state index in [2.05, 4.69) is 13.8 Å². The van der Waals surface area contributed by atoms with Gasteiger partial charge in [0.15, 0.2) is 6.10 Å². The van der Waals surface area contributed by atoms with E-state index in [1.807, 2.05) is 17.9 Å². The topological polar surface area (TPSA) is 55.6 Å². The molecule has 1 aliphatic heterocycles. The van der Waals surface area contributed by atoms with Crippen molar-refractivity contribution in [2.45, 2.75) is 46.3 Å². The van der Waals surface area contributed by atoms with Gasteiger partial charge < -0.3 is 15.4 Å². The zero-order chi connectivity index (χ0) is 16.5.